The SMILES string of the molecule is CN(C)c1ccc(C=C2SC(=S)N(NC(=O)c3cc(=O)[nH]c4ccccc34)C2=O)cc1. The van der Waals surface area contributed by atoms with Crippen molar-refractivity contribution in [1.82, 2.24) is 15.4 Å². The number of hydrogen-bond donors (Lipinski definition) is 2. The number of aromatic amines is 1. The number of aromatic nitrogens is 1. The number of hydrazine groups is 1. The molecule has 7 nitrogen and oxygen atoms in total. The Balaban J connectivity index is 1.57. The van der Waals surface area contributed by atoms with Gasteiger partial charge in [0, 0.05) is 36.8 Å². The number of hydrogen-bond acceptors (Lipinski definition) is 6. The van der Waals surface area contributed by atoms with E-state index in [1.54, 1.807) is 30.3 Å². The maximum atomic E-state index is 12.9. The first-order valence-electron chi connectivity index (χ1n) is 9.32. The van der Waals surface area contributed by atoms with Crippen LogP contribution in [0, 0.1) is 0 Å². The highest BCUT2D eigenvalue weighted by atomic mass is 32.2. The molecule has 2 heterocycles. The van der Waals surface area contributed by atoms with Gasteiger partial charge in [-0.2, -0.15) is 5.01 Å². The van der Waals surface area contributed by atoms with Gasteiger partial charge < -0.3 is 9.88 Å². The minimum absolute atomic E-state index is 0.164. The van der Waals surface area contributed by atoms with Crippen LogP contribution in [0.15, 0.2) is 64.3 Å². The van der Waals surface area contributed by atoms with E-state index in [1.807, 2.05) is 43.3 Å². The Morgan fingerprint density at radius 3 is 2.55 bits per heavy atom. The van der Waals surface area contributed by atoms with Gasteiger partial charge in [-0.05, 0) is 42.1 Å². The summed E-state index contributed by atoms with van der Waals surface area (Å²) in [6, 6.07) is 15.9. The minimum Gasteiger partial charge on any atom is -0.378 e. The molecule has 0 spiro atoms. The second-order valence-corrected chi connectivity index (χ2v) is 8.71. The molecule has 0 unspecified atom stereocenters. The van der Waals surface area contributed by atoms with Crippen LogP contribution in [-0.2, 0) is 4.79 Å². The molecule has 1 saturated heterocycles. The number of nitrogens with one attached hydrogen (secondary N) is 2. The number of benzene rings is 2. The van der Waals surface area contributed by atoms with Crippen molar-refractivity contribution in [3.05, 3.63) is 81.0 Å². The van der Waals surface area contributed by atoms with Crippen LogP contribution in [0.4, 0.5) is 5.69 Å². The normalized spacial score (nSPS) is 15.0. The van der Waals surface area contributed by atoms with Gasteiger partial charge in [0.2, 0.25) is 5.56 Å². The maximum absolute atomic E-state index is 12.9. The third kappa shape index (κ3) is 4.23. The number of amides is 2. The number of nitrogens with zero attached hydrogens (tertiary/aromatic N) is 2. The number of para-hydroxylation sites is 1. The van der Waals surface area contributed by atoms with Crippen LogP contribution >= 0.6 is 24.0 Å². The van der Waals surface area contributed by atoms with Crippen LogP contribution in [0.2, 0.25) is 0 Å². The van der Waals surface area contributed by atoms with Crippen molar-refractivity contribution in [2.45, 2.75) is 0 Å². The van der Waals surface area contributed by atoms with Gasteiger partial charge in [0.15, 0.2) is 4.32 Å². The predicted molar refractivity (Wildman–Crippen MR) is 128 cm³/mol. The van der Waals surface area contributed by atoms with Crippen molar-refractivity contribution < 1.29 is 9.59 Å². The van der Waals surface area contributed by atoms with E-state index in [2.05, 4.69) is 10.4 Å². The first-order chi connectivity index (χ1) is 14.8. The fourth-order valence-corrected chi connectivity index (χ4v) is 4.32. The number of carbonyl (C=O) groups is 2. The van der Waals surface area contributed by atoms with Gasteiger partial charge in [-0.25, -0.2) is 0 Å². The molecule has 0 atom stereocenters. The van der Waals surface area contributed by atoms with E-state index < -0.39 is 17.4 Å². The molecule has 3 aromatic rings. The van der Waals surface area contributed by atoms with Gasteiger partial charge in [0.05, 0.1) is 10.5 Å². The smallest absolute Gasteiger partial charge is 0.285 e. The Hall–Kier alpha value is -3.43. The fraction of sp³-hybridized carbons (Fsp3) is 0.0909. The highest BCUT2D eigenvalue weighted by Gasteiger charge is 2.34. The molecule has 2 aromatic carbocycles. The highest BCUT2D eigenvalue weighted by Crippen LogP contribution is 2.32. The summed E-state index contributed by atoms with van der Waals surface area (Å²) in [5, 5.41) is 1.61. The quantitative estimate of drug-likeness (QED) is 0.469. The van der Waals surface area contributed by atoms with Gasteiger partial charge in [-0.1, -0.05) is 42.1 Å². The zero-order valence-electron chi connectivity index (χ0n) is 16.7. The maximum Gasteiger partial charge on any atom is 0.285 e. The lowest BCUT2D eigenvalue weighted by molar-refractivity contribution is -0.123. The molecule has 1 fully saturated rings. The van der Waals surface area contributed by atoms with E-state index in [9.17, 15) is 14.4 Å². The van der Waals surface area contributed by atoms with Crippen molar-refractivity contribution in [3.8, 4) is 0 Å². The second kappa shape index (κ2) is 8.37. The van der Waals surface area contributed by atoms with Crippen molar-refractivity contribution in [2.75, 3.05) is 19.0 Å². The summed E-state index contributed by atoms with van der Waals surface area (Å²) in [6.07, 6.45) is 1.73. The number of thiocarbonyl (C=S) groups is 1. The molecule has 2 amide bonds. The van der Waals surface area contributed by atoms with E-state index in [-0.39, 0.29) is 9.88 Å². The summed E-state index contributed by atoms with van der Waals surface area (Å²) < 4.78 is 0.212. The molecule has 0 aliphatic carbocycles. The monoisotopic (exact) mass is 450 g/mol. The van der Waals surface area contributed by atoms with Gasteiger partial charge in [-0.15, -0.1) is 0 Å². The van der Waals surface area contributed by atoms with Crippen LogP contribution < -0.4 is 15.9 Å². The second-order valence-electron chi connectivity index (χ2n) is 7.04. The molecule has 2 N–H and O–H groups in total. The fourth-order valence-electron chi connectivity index (χ4n) is 3.14. The Morgan fingerprint density at radius 2 is 1.84 bits per heavy atom. The third-order valence-electron chi connectivity index (χ3n) is 4.71. The summed E-state index contributed by atoms with van der Waals surface area (Å²) in [7, 11) is 3.90. The number of anilines is 1. The summed E-state index contributed by atoms with van der Waals surface area (Å²) in [5.41, 5.74) is 4.72. The molecule has 0 radical (unpaired) electrons. The van der Waals surface area contributed by atoms with Gasteiger partial charge >= 0.3 is 0 Å². The Bertz CT molecular complexity index is 1300. The molecule has 31 heavy (non-hydrogen) atoms. The Labute approximate surface area is 187 Å². The van der Waals surface area contributed by atoms with Crippen LogP contribution in [0.1, 0.15) is 15.9 Å². The Kier molecular flexibility index (Phi) is 5.62. The Morgan fingerprint density at radius 1 is 1.13 bits per heavy atom. The van der Waals surface area contributed by atoms with Crippen molar-refractivity contribution in [2.24, 2.45) is 0 Å². The number of pyridine rings is 1. The number of H-pyrrole nitrogens is 1. The lowest BCUT2D eigenvalue weighted by atomic mass is 10.1. The molecule has 156 valence electrons. The standard InChI is InChI=1S/C22H18N4O3S2/c1-25(2)14-9-7-13(8-10-14)11-18-21(29)26(22(30)31-18)24-20(28)16-12-19(27)23-17-6-4-3-5-15(16)17/h3-12H,1-2H3,(H,23,27)(H,24,28). The number of carbonyl (C=O) groups excluding carboxylic acids is 2. The summed E-state index contributed by atoms with van der Waals surface area (Å²) in [5.74, 6) is -1.01. The zero-order valence-corrected chi connectivity index (χ0v) is 18.3. The van der Waals surface area contributed by atoms with Crippen molar-refractivity contribution in [1.29, 1.82) is 0 Å². The molecular weight excluding hydrogens is 432 g/mol. The number of fused-ring (bicyclic) bond motifs is 1. The van der Waals surface area contributed by atoms with Crippen molar-refractivity contribution in [3.63, 3.8) is 0 Å². The molecule has 9 heteroatoms. The number of rotatable bonds is 4. The van der Waals surface area contributed by atoms with E-state index >= 15 is 0 Å². The van der Waals surface area contributed by atoms with Gasteiger partial charge in [0.1, 0.15) is 0 Å². The van der Waals surface area contributed by atoms with Gasteiger partial charge in [-0.3, -0.25) is 19.8 Å². The minimum atomic E-state index is -0.588. The molecule has 1 aromatic heterocycles. The molecule has 0 bridgehead atoms. The lowest BCUT2D eigenvalue weighted by Crippen LogP contribution is -2.45. The molecular formula is C22H18N4O3S2. The number of thioether (sulfide) groups is 1. The van der Waals surface area contributed by atoms with E-state index in [0.717, 1.165) is 28.0 Å². The average Bonchev–Trinajstić information content (AvgIpc) is 3.00. The first kappa shape index (κ1) is 20.8. The summed E-state index contributed by atoms with van der Waals surface area (Å²) >= 11 is 6.40. The lowest BCUT2D eigenvalue weighted by Gasteiger charge is -2.16. The van der Waals surface area contributed by atoms with E-state index in [1.165, 1.54) is 6.07 Å². The summed E-state index contributed by atoms with van der Waals surface area (Å²) in [6.45, 7) is 0. The summed E-state index contributed by atoms with van der Waals surface area (Å²) in [4.78, 5) is 42.7. The van der Waals surface area contributed by atoms with Crippen LogP contribution in [-0.4, -0.2) is 40.2 Å². The molecule has 1 aliphatic heterocycles. The van der Waals surface area contributed by atoms with E-state index in [4.69, 9.17) is 12.2 Å². The molecule has 0 saturated carbocycles. The van der Waals surface area contributed by atoms with E-state index in [0.29, 0.717) is 15.8 Å². The first-order valence-corrected chi connectivity index (χ1v) is 10.5. The third-order valence-corrected chi connectivity index (χ3v) is 6.01. The zero-order chi connectivity index (χ0) is 22.1. The largest absolute Gasteiger partial charge is 0.378 e. The van der Waals surface area contributed by atoms with Gasteiger partial charge in [0.25, 0.3) is 11.8 Å². The van der Waals surface area contributed by atoms with Crippen LogP contribution in [0.25, 0.3) is 17.0 Å². The predicted octanol–water partition coefficient (Wildman–Crippen LogP) is 3.14. The molecule has 1 aliphatic rings. The van der Waals surface area contributed by atoms with Crippen LogP contribution in [0.3, 0.4) is 0 Å². The van der Waals surface area contributed by atoms with Crippen LogP contribution in [0.5, 0.6) is 0 Å². The topological polar surface area (TPSA) is 85.5 Å². The average molecular weight is 451 g/mol. The highest BCUT2D eigenvalue weighted by molar-refractivity contribution is 8.26. The van der Waals surface area contributed by atoms with Crippen molar-refractivity contribution >= 4 is 62.8 Å². The molecule has 4 rings (SSSR count).